The highest BCUT2D eigenvalue weighted by Crippen LogP contribution is 2.26. The second-order valence-electron chi connectivity index (χ2n) is 7.51. The minimum Gasteiger partial charge on any atom is -0.478 e. The van der Waals surface area contributed by atoms with Crippen LogP contribution in [0.25, 0.3) is 0 Å². The van der Waals surface area contributed by atoms with Gasteiger partial charge in [-0.15, -0.1) is 11.8 Å². The van der Waals surface area contributed by atoms with Crippen LogP contribution in [0.4, 0.5) is 11.4 Å². The summed E-state index contributed by atoms with van der Waals surface area (Å²) in [7, 11) is 0. The zero-order chi connectivity index (χ0) is 26.4. The highest BCUT2D eigenvalue weighted by atomic mass is 32.2. The number of rotatable bonds is 9. The van der Waals surface area contributed by atoms with E-state index in [0.717, 1.165) is 23.1 Å². The number of carbonyl (C=O) groups is 5. The van der Waals surface area contributed by atoms with Crippen LogP contribution in [0.1, 0.15) is 48.4 Å². The molecule has 0 bridgehead atoms. The second kappa shape index (κ2) is 11.2. The topological polar surface area (TPSA) is 176 Å². The summed E-state index contributed by atoms with van der Waals surface area (Å²) in [6.07, 6.45) is 0. The van der Waals surface area contributed by atoms with Crippen molar-refractivity contribution in [2.75, 3.05) is 10.6 Å². The fraction of sp³-hybridized carbons (Fsp3) is 0.0800. The molecular formula is C25H21N3O7S. The molecule has 3 rings (SSSR count). The molecule has 184 valence electrons. The maximum absolute atomic E-state index is 12.6. The second-order valence-corrected chi connectivity index (χ2v) is 8.92. The van der Waals surface area contributed by atoms with E-state index in [1.54, 1.807) is 49.4 Å². The van der Waals surface area contributed by atoms with Gasteiger partial charge in [0.25, 0.3) is 11.8 Å². The summed E-state index contributed by atoms with van der Waals surface area (Å²) in [4.78, 5) is 60.0. The third-order valence-electron chi connectivity index (χ3n) is 4.99. The number of carbonyl (C=O) groups excluding carboxylic acids is 3. The molecule has 1 unspecified atom stereocenters. The summed E-state index contributed by atoms with van der Waals surface area (Å²) in [5.74, 6) is -4.45. The number of nitrogens with two attached hydrogens (primary N) is 1. The molecule has 0 aromatic heterocycles. The minimum atomic E-state index is -1.43. The highest BCUT2D eigenvalue weighted by molar-refractivity contribution is 8.00. The molecule has 11 heteroatoms. The van der Waals surface area contributed by atoms with Gasteiger partial charge < -0.3 is 26.6 Å². The molecular weight excluding hydrogens is 486 g/mol. The third-order valence-corrected chi connectivity index (χ3v) is 6.10. The average Bonchev–Trinajstić information content (AvgIpc) is 2.84. The lowest BCUT2D eigenvalue weighted by atomic mass is 10.0. The van der Waals surface area contributed by atoms with Crippen LogP contribution < -0.4 is 16.4 Å². The van der Waals surface area contributed by atoms with Crippen molar-refractivity contribution in [2.45, 2.75) is 17.1 Å². The van der Waals surface area contributed by atoms with Crippen LogP contribution in [0.5, 0.6) is 0 Å². The minimum absolute atomic E-state index is 0.188. The van der Waals surface area contributed by atoms with Crippen LogP contribution in [0.15, 0.2) is 71.6 Å². The van der Waals surface area contributed by atoms with E-state index in [0.29, 0.717) is 11.4 Å². The molecule has 0 radical (unpaired) electrons. The third kappa shape index (κ3) is 6.27. The van der Waals surface area contributed by atoms with Gasteiger partial charge in [0.2, 0.25) is 5.91 Å². The van der Waals surface area contributed by atoms with E-state index in [1.165, 1.54) is 17.8 Å². The van der Waals surface area contributed by atoms with E-state index in [1.807, 2.05) is 0 Å². The Bertz CT molecular complexity index is 1360. The Labute approximate surface area is 209 Å². The smallest absolute Gasteiger partial charge is 0.336 e. The van der Waals surface area contributed by atoms with Crippen LogP contribution in [-0.4, -0.2) is 45.1 Å². The summed E-state index contributed by atoms with van der Waals surface area (Å²) in [5.41, 5.74) is 5.36. The molecule has 10 nitrogen and oxygen atoms in total. The summed E-state index contributed by atoms with van der Waals surface area (Å²) in [5, 5.41) is 23.1. The van der Waals surface area contributed by atoms with Crippen molar-refractivity contribution in [3.05, 3.63) is 89.0 Å². The van der Waals surface area contributed by atoms with Crippen LogP contribution in [0.2, 0.25) is 0 Å². The van der Waals surface area contributed by atoms with Crippen molar-refractivity contribution >= 4 is 52.8 Å². The summed E-state index contributed by atoms with van der Waals surface area (Å²) >= 11 is 1.25. The maximum atomic E-state index is 12.6. The number of benzene rings is 3. The van der Waals surface area contributed by atoms with E-state index >= 15 is 0 Å². The molecule has 0 aliphatic carbocycles. The highest BCUT2D eigenvalue weighted by Gasteiger charge is 2.20. The normalized spacial score (nSPS) is 11.2. The fourth-order valence-corrected chi connectivity index (χ4v) is 4.03. The van der Waals surface area contributed by atoms with Gasteiger partial charge in [-0.3, -0.25) is 14.4 Å². The van der Waals surface area contributed by atoms with E-state index in [2.05, 4.69) is 10.6 Å². The average molecular weight is 508 g/mol. The molecule has 0 fully saturated rings. The summed E-state index contributed by atoms with van der Waals surface area (Å²) in [6, 6.07) is 16.1. The number of primary amides is 1. The van der Waals surface area contributed by atoms with Gasteiger partial charge in [0.05, 0.1) is 33.2 Å². The van der Waals surface area contributed by atoms with Gasteiger partial charge in [0, 0.05) is 10.6 Å². The SMILES string of the molecule is CC(Sc1ccc(NC(=O)c2ccc(C(=O)O)cc2C(=O)O)cc1)C(=O)Nc1ccccc1C(N)=O. The Morgan fingerprint density at radius 1 is 0.806 bits per heavy atom. The summed E-state index contributed by atoms with van der Waals surface area (Å²) in [6.45, 7) is 1.69. The number of aromatic carboxylic acids is 2. The Morgan fingerprint density at radius 3 is 2.08 bits per heavy atom. The van der Waals surface area contributed by atoms with Gasteiger partial charge in [0.15, 0.2) is 0 Å². The first kappa shape index (κ1) is 26.0. The van der Waals surface area contributed by atoms with E-state index in [9.17, 15) is 29.1 Å². The molecule has 0 saturated carbocycles. The van der Waals surface area contributed by atoms with Gasteiger partial charge in [-0.1, -0.05) is 12.1 Å². The van der Waals surface area contributed by atoms with Crippen LogP contribution in [-0.2, 0) is 4.79 Å². The molecule has 0 aliphatic heterocycles. The number of hydrogen-bond acceptors (Lipinski definition) is 6. The lowest BCUT2D eigenvalue weighted by Gasteiger charge is -2.14. The number of para-hydroxylation sites is 1. The molecule has 3 amide bonds. The molecule has 3 aromatic carbocycles. The van der Waals surface area contributed by atoms with E-state index < -0.39 is 34.6 Å². The molecule has 6 N–H and O–H groups in total. The Balaban J connectivity index is 1.66. The monoisotopic (exact) mass is 507 g/mol. The number of thioether (sulfide) groups is 1. The zero-order valence-electron chi connectivity index (χ0n) is 18.8. The van der Waals surface area contributed by atoms with Gasteiger partial charge in [-0.2, -0.15) is 0 Å². The predicted molar refractivity (Wildman–Crippen MR) is 134 cm³/mol. The first-order valence-electron chi connectivity index (χ1n) is 10.4. The molecule has 1 atom stereocenters. The number of anilines is 2. The van der Waals surface area contributed by atoms with Crippen molar-refractivity contribution < 1.29 is 34.2 Å². The van der Waals surface area contributed by atoms with Gasteiger partial charge >= 0.3 is 11.9 Å². The number of carboxylic acids is 2. The lowest BCUT2D eigenvalue weighted by Crippen LogP contribution is -2.24. The Morgan fingerprint density at radius 2 is 1.47 bits per heavy atom. The number of hydrogen-bond donors (Lipinski definition) is 5. The number of amides is 3. The fourth-order valence-electron chi connectivity index (χ4n) is 3.17. The van der Waals surface area contributed by atoms with Crippen molar-refractivity contribution in [1.82, 2.24) is 0 Å². The molecule has 3 aromatic rings. The first-order valence-corrected chi connectivity index (χ1v) is 11.3. The zero-order valence-corrected chi connectivity index (χ0v) is 19.7. The molecule has 36 heavy (non-hydrogen) atoms. The van der Waals surface area contributed by atoms with E-state index in [4.69, 9.17) is 10.8 Å². The van der Waals surface area contributed by atoms with Crippen LogP contribution in [0.3, 0.4) is 0 Å². The van der Waals surface area contributed by atoms with Gasteiger partial charge in [0.1, 0.15) is 0 Å². The van der Waals surface area contributed by atoms with E-state index in [-0.39, 0.29) is 22.6 Å². The number of nitrogens with one attached hydrogen (secondary N) is 2. The molecule has 0 saturated heterocycles. The quantitative estimate of drug-likeness (QED) is 0.273. The largest absolute Gasteiger partial charge is 0.478 e. The van der Waals surface area contributed by atoms with Crippen molar-refractivity contribution in [3.8, 4) is 0 Å². The summed E-state index contributed by atoms with van der Waals surface area (Å²) < 4.78 is 0. The van der Waals surface area contributed by atoms with Crippen molar-refractivity contribution in [2.24, 2.45) is 5.73 Å². The standard InChI is InChI=1S/C25H21N3O7S/c1-13(22(30)28-20-5-3-2-4-18(20)21(26)29)36-16-9-7-15(8-10-16)27-23(31)17-11-6-14(24(32)33)12-19(17)25(34)35/h2-13H,1H3,(H2,26,29)(H,27,31)(H,28,30)(H,32,33)(H,34,35). The van der Waals surface area contributed by atoms with Crippen molar-refractivity contribution in [3.63, 3.8) is 0 Å². The Kier molecular flexibility index (Phi) is 8.07. The number of carboxylic acid groups (broad SMARTS) is 2. The lowest BCUT2D eigenvalue weighted by molar-refractivity contribution is -0.115. The van der Waals surface area contributed by atoms with Gasteiger partial charge in [-0.25, -0.2) is 9.59 Å². The maximum Gasteiger partial charge on any atom is 0.336 e. The molecule has 0 spiro atoms. The molecule has 0 heterocycles. The van der Waals surface area contributed by atoms with Gasteiger partial charge in [-0.05, 0) is 61.5 Å². The van der Waals surface area contributed by atoms with Crippen molar-refractivity contribution in [1.29, 1.82) is 0 Å². The Hall–Kier alpha value is -4.64. The first-order chi connectivity index (χ1) is 17.1. The van der Waals surface area contributed by atoms with Crippen LogP contribution in [0, 0.1) is 0 Å². The molecule has 0 aliphatic rings. The van der Waals surface area contributed by atoms with Crippen LogP contribution >= 0.6 is 11.8 Å². The predicted octanol–water partition coefficient (Wildman–Crippen LogP) is 3.55.